The van der Waals surface area contributed by atoms with Crippen LogP contribution in [-0.4, -0.2) is 21.0 Å². The molecule has 3 aromatic carbocycles. The molecular weight excluding hydrogens is 504 g/mol. The van der Waals surface area contributed by atoms with Crippen LogP contribution in [0.3, 0.4) is 0 Å². The maximum absolute atomic E-state index is 13.9. The quantitative estimate of drug-likeness (QED) is 0.155. The second-order valence-corrected chi connectivity index (χ2v) is 8.46. The average molecular weight is 518 g/mol. The highest BCUT2D eigenvalue weighted by atomic mass is 32.2. The summed E-state index contributed by atoms with van der Waals surface area (Å²) < 4.78 is 58.2. The van der Waals surface area contributed by atoms with Crippen LogP contribution in [0.1, 0.15) is 16.7 Å². The zero-order chi connectivity index (χ0) is 26.0. The maximum Gasteiger partial charge on any atom is 0.416 e. The summed E-state index contributed by atoms with van der Waals surface area (Å²) in [5.74, 6) is -1.53. The molecule has 0 unspecified atom stereocenters. The van der Waals surface area contributed by atoms with Crippen LogP contribution in [0.25, 0.3) is 6.08 Å². The van der Waals surface area contributed by atoms with E-state index in [0.717, 1.165) is 11.0 Å². The molecule has 7 nitrogen and oxygen atoms in total. The molecule has 0 saturated carbocycles. The van der Waals surface area contributed by atoms with Gasteiger partial charge in [0.05, 0.1) is 21.9 Å². The molecule has 184 valence electrons. The van der Waals surface area contributed by atoms with Gasteiger partial charge < -0.3 is 4.74 Å². The van der Waals surface area contributed by atoms with Gasteiger partial charge in [-0.25, -0.2) is 4.39 Å². The average Bonchev–Trinajstić information content (AvgIpc) is 3.07. The number of nitrogens with zero attached hydrogens (tertiary/aromatic N) is 2. The highest BCUT2D eigenvalue weighted by molar-refractivity contribution is 8.18. The number of hydrogen-bond donors (Lipinski definition) is 0. The fourth-order valence-electron chi connectivity index (χ4n) is 3.30. The Morgan fingerprint density at radius 1 is 1.03 bits per heavy atom. The van der Waals surface area contributed by atoms with E-state index in [1.165, 1.54) is 42.5 Å². The van der Waals surface area contributed by atoms with Crippen molar-refractivity contribution < 1.29 is 36.8 Å². The lowest BCUT2D eigenvalue weighted by atomic mass is 10.1. The van der Waals surface area contributed by atoms with Crippen molar-refractivity contribution in [2.45, 2.75) is 12.7 Å². The normalized spacial score (nSPS) is 15.0. The van der Waals surface area contributed by atoms with Gasteiger partial charge in [0.1, 0.15) is 11.6 Å². The molecule has 0 radical (unpaired) electrons. The highest BCUT2D eigenvalue weighted by Gasteiger charge is 2.36. The summed E-state index contributed by atoms with van der Waals surface area (Å²) in [6.07, 6.45) is -3.38. The minimum atomic E-state index is -4.77. The fourth-order valence-corrected chi connectivity index (χ4v) is 4.14. The van der Waals surface area contributed by atoms with Crippen molar-refractivity contribution in [2.24, 2.45) is 0 Å². The van der Waals surface area contributed by atoms with Gasteiger partial charge in [-0.2, -0.15) is 13.2 Å². The van der Waals surface area contributed by atoms with E-state index < -0.39 is 45.1 Å². The number of benzene rings is 3. The van der Waals surface area contributed by atoms with Crippen LogP contribution in [0.15, 0.2) is 71.6 Å². The third-order valence-corrected chi connectivity index (χ3v) is 5.93. The zero-order valence-electron chi connectivity index (χ0n) is 18.0. The molecule has 0 aliphatic carbocycles. The van der Waals surface area contributed by atoms with Crippen molar-refractivity contribution in [2.75, 3.05) is 0 Å². The number of nitro groups is 1. The van der Waals surface area contributed by atoms with Gasteiger partial charge in [0.15, 0.2) is 0 Å². The van der Waals surface area contributed by atoms with Crippen LogP contribution >= 0.6 is 11.8 Å². The van der Waals surface area contributed by atoms with E-state index in [1.54, 1.807) is 12.1 Å². The lowest BCUT2D eigenvalue weighted by molar-refractivity contribution is -0.385. The molecule has 3 aromatic rings. The summed E-state index contributed by atoms with van der Waals surface area (Å²) in [6, 6.07) is 13.5. The van der Waals surface area contributed by atoms with Gasteiger partial charge in [0.25, 0.3) is 11.1 Å². The van der Waals surface area contributed by atoms with Gasteiger partial charge in [-0.3, -0.25) is 24.6 Å². The minimum Gasteiger partial charge on any atom is -0.450 e. The number of rotatable bonds is 6. The number of nitro benzene ring substituents is 1. The van der Waals surface area contributed by atoms with E-state index in [1.807, 2.05) is 0 Å². The first-order chi connectivity index (χ1) is 17.0. The molecular formula is C24H14F4N2O5S. The third kappa shape index (κ3) is 5.38. The van der Waals surface area contributed by atoms with Crippen molar-refractivity contribution in [3.63, 3.8) is 0 Å². The molecule has 0 aromatic heterocycles. The smallest absolute Gasteiger partial charge is 0.416 e. The first kappa shape index (κ1) is 24.9. The number of halogens is 4. The number of thioether (sulfide) groups is 1. The van der Waals surface area contributed by atoms with Gasteiger partial charge in [0.2, 0.25) is 5.75 Å². The fraction of sp³-hybridized carbons (Fsp3) is 0.0833. The van der Waals surface area contributed by atoms with Crippen LogP contribution in [0.2, 0.25) is 0 Å². The Balaban J connectivity index is 1.56. The van der Waals surface area contributed by atoms with E-state index >= 15 is 0 Å². The van der Waals surface area contributed by atoms with E-state index in [0.29, 0.717) is 29.5 Å². The molecule has 0 bridgehead atoms. The number of carbonyl (C=O) groups excluding carboxylic acids is 2. The van der Waals surface area contributed by atoms with Crippen molar-refractivity contribution in [3.05, 3.63) is 104 Å². The molecule has 4 rings (SSSR count). The van der Waals surface area contributed by atoms with Crippen molar-refractivity contribution in [1.29, 1.82) is 0 Å². The second kappa shape index (κ2) is 9.82. The maximum atomic E-state index is 13.9. The molecule has 1 fully saturated rings. The number of amides is 2. The zero-order valence-corrected chi connectivity index (χ0v) is 18.8. The van der Waals surface area contributed by atoms with Crippen LogP contribution in [-0.2, 0) is 17.5 Å². The summed E-state index contributed by atoms with van der Waals surface area (Å²) in [6.45, 7) is -0.241. The lowest BCUT2D eigenvalue weighted by Crippen LogP contribution is -2.27. The molecule has 1 heterocycles. The molecule has 36 heavy (non-hydrogen) atoms. The molecule has 0 N–H and O–H groups in total. The van der Waals surface area contributed by atoms with Crippen LogP contribution in [0.4, 0.5) is 28.0 Å². The highest BCUT2D eigenvalue weighted by Crippen LogP contribution is 2.38. The Kier molecular flexibility index (Phi) is 6.80. The van der Waals surface area contributed by atoms with Crippen molar-refractivity contribution in [3.8, 4) is 11.5 Å². The first-order valence-electron chi connectivity index (χ1n) is 10.2. The lowest BCUT2D eigenvalue weighted by Gasteiger charge is -2.12. The van der Waals surface area contributed by atoms with Gasteiger partial charge >= 0.3 is 11.9 Å². The van der Waals surface area contributed by atoms with Gasteiger partial charge in [-0.15, -0.1) is 0 Å². The number of carbonyl (C=O) groups is 2. The molecule has 1 saturated heterocycles. The molecule has 0 spiro atoms. The monoisotopic (exact) mass is 518 g/mol. The van der Waals surface area contributed by atoms with E-state index in [2.05, 4.69) is 0 Å². The summed E-state index contributed by atoms with van der Waals surface area (Å²) in [5.41, 5.74) is -1.50. The SMILES string of the molecule is O=C1S/C(=C\c2cccc(Oc3ccc(C(F)(F)F)cc3[N+](=O)[O-])c2)C(=O)N1Cc1ccccc1F. The summed E-state index contributed by atoms with van der Waals surface area (Å²) in [7, 11) is 0. The summed E-state index contributed by atoms with van der Waals surface area (Å²) >= 11 is 0.661. The summed E-state index contributed by atoms with van der Waals surface area (Å²) in [5, 5.41) is 10.7. The van der Waals surface area contributed by atoms with Crippen molar-refractivity contribution >= 4 is 34.7 Å². The second-order valence-electron chi connectivity index (χ2n) is 7.47. The van der Waals surface area contributed by atoms with Gasteiger partial charge in [0, 0.05) is 11.6 Å². The first-order valence-corrected chi connectivity index (χ1v) is 11.0. The number of alkyl halides is 3. The molecule has 1 aliphatic heterocycles. The number of hydrogen-bond acceptors (Lipinski definition) is 6. The Morgan fingerprint density at radius 3 is 2.47 bits per heavy atom. The standard InChI is InChI=1S/C24H14F4N2O5S/c25-18-7-2-1-5-15(18)13-29-22(31)21(36-23(29)32)11-14-4-3-6-17(10-14)35-20-9-8-16(24(26,27)28)12-19(20)30(33)34/h1-12H,13H2/b21-11-. The third-order valence-electron chi connectivity index (χ3n) is 5.03. The van der Waals surface area contributed by atoms with E-state index in [-0.39, 0.29) is 22.8 Å². The van der Waals surface area contributed by atoms with Crippen LogP contribution < -0.4 is 4.74 Å². The summed E-state index contributed by atoms with van der Waals surface area (Å²) in [4.78, 5) is 36.4. The van der Waals surface area contributed by atoms with E-state index in [4.69, 9.17) is 4.74 Å². The van der Waals surface area contributed by atoms with Crippen LogP contribution in [0.5, 0.6) is 11.5 Å². The topological polar surface area (TPSA) is 89.7 Å². The number of imide groups is 1. The predicted molar refractivity (Wildman–Crippen MR) is 123 cm³/mol. The van der Waals surface area contributed by atoms with Crippen LogP contribution in [0, 0.1) is 15.9 Å². The van der Waals surface area contributed by atoms with Crippen molar-refractivity contribution in [1.82, 2.24) is 4.90 Å². The number of ether oxygens (including phenoxy) is 1. The molecule has 1 aliphatic rings. The predicted octanol–water partition coefficient (Wildman–Crippen LogP) is 6.78. The Hall–Kier alpha value is -4.19. The Labute approximate surface area is 205 Å². The minimum absolute atomic E-state index is 0.0530. The molecule has 0 atom stereocenters. The van der Waals surface area contributed by atoms with Gasteiger partial charge in [-0.1, -0.05) is 30.3 Å². The largest absolute Gasteiger partial charge is 0.450 e. The Bertz CT molecular complexity index is 1410. The van der Waals surface area contributed by atoms with E-state index in [9.17, 15) is 37.3 Å². The molecule has 2 amide bonds. The Morgan fingerprint density at radius 2 is 1.78 bits per heavy atom. The van der Waals surface area contributed by atoms with Gasteiger partial charge in [-0.05, 0) is 53.7 Å². The molecule has 12 heteroatoms.